The van der Waals surface area contributed by atoms with Gasteiger partial charge in [0.25, 0.3) is 5.91 Å². The highest BCUT2D eigenvalue weighted by atomic mass is 32.2. The number of carbonyl (C=O) groups excluding carboxylic acids is 3. The number of rotatable bonds is 9. The molecule has 3 aromatic rings. The molecule has 0 spiro atoms. The molecule has 1 aromatic heterocycles. The van der Waals surface area contributed by atoms with Crippen LogP contribution in [0.3, 0.4) is 0 Å². The number of hydrogen-bond acceptors (Lipinski definition) is 8. The number of aliphatic hydroxyl groups is 1. The third-order valence-corrected chi connectivity index (χ3v) is 8.46. The highest BCUT2D eigenvalue weighted by molar-refractivity contribution is 8.02. The van der Waals surface area contributed by atoms with Crippen LogP contribution in [0.4, 0.5) is 0 Å². The molecule has 2 fully saturated rings. The van der Waals surface area contributed by atoms with Gasteiger partial charge in [0, 0.05) is 6.20 Å². The third kappa shape index (κ3) is 5.17. The van der Waals surface area contributed by atoms with E-state index in [2.05, 4.69) is 11.6 Å². The van der Waals surface area contributed by atoms with Crippen molar-refractivity contribution in [1.82, 2.24) is 9.88 Å². The highest BCUT2D eigenvalue weighted by Gasteiger charge is 2.63. The van der Waals surface area contributed by atoms with E-state index < -0.39 is 34.2 Å². The Labute approximate surface area is 236 Å². The van der Waals surface area contributed by atoms with Gasteiger partial charge in [0.15, 0.2) is 6.10 Å². The summed E-state index contributed by atoms with van der Waals surface area (Å²) in [7, 11) is 0. The van der Waals surface area contributed by atoms with Crippen molar-refractivity contribution in [2.45, 2.75) is 29.2 Å². The lowest BCUT2D eigenvalue weighted by Crippen LogP contribution is -2.59. The molecule has 3 heterocycles. The maximum absolute atomic E-state index is 13.8. The molecule has 204 valence electrons. The van der Waals surface area contributed by atoms with Gasteiger partial charge in [-0.3, -0.25) is 9.78 Å². The first kappa shape index (κ1) is 27.4. The second kappa shape index (κ2) is 11.5. The second-order valence-corrected chi connectivity index (χ2v) is 11.3. The number of fused-ring (bicyclic) bond motifs is 1. The number of β-lactam (4-membered cyclic amide) rings is 1. The number of aromatic nitrogens is 1. The molecule has 0 radical (unpaired) electrons. The monoisotopic (exact) mass is 556 g/mol. The SMILES string of the molecule is C=CCOC(=O)c1ccnc(C=C2C(=O)N3C2S[C@@](C)(CO)[C@@H]3C(=O)OC(c2ccccc2)c2ccccc2)c1. The van der Waals surface area contributed by atoms with Crippen LogP contribution in [0.15, 0.2) is 97.2 Å². The van der Waals surface area contributed by atoms with Crippen molar-refractivity contribution in [2.75, 3.05) is 13.2 Å². The van der Waals surface area contributed by atoms with Crippen molar-refractivity contribution in [2.24, 2.45) is 0 Å². The maximum Gasteiger partial charge on any atom is 0.338 e. The van der Waals surface area contributed by atoms with E-state index in [0.717, 1.165) is 11.1 Å². The minimum atomic E-state index is -1.000. The average Bonchev–Trinajstić information content (AvgIpc) is 3.28. The molecule has 3 atom stereocenters. The molecule has 0 bridgehead atoms. The molecule has 9 heteroatoms. The lowest BCUT2D eigenvalue weighted by molar-refractivity contribution is -0.161. The molecule has 2 aromatic carbocycles. The van der Waals surface area contributed by atoms with Crippen LogP contribution in [0.2, 0.25) is 0 Å². The van der Waals surface area contributed by atoms with Crippen LogP contribution in [0.25, 0.3) is 6.08 Å². The lowest BCUT2D eigenvalue weighted by atomic mass is 9.94. The molecule has 1 N–H and O–H groups in total. The van der Waals surface area contributed by atoms with E-state index in [9.17, 15) is 19.5 Å². The van der Waals surface area contributed by atoms with E-state index in [-0.39, 0.29) is 19.1 Å². The van der Waals surface area contributed by atoms with Crippen LogP contribution in [0.1, 0.15) is 40.2 Å². The standard InChI is InChI=1S/C31H28N2O6S/c1-3-16-38-29(36)22-14-15-32-23(17-22)18-24-27(35)33-26(31(2,19-34)40-28(24)33)30(37)39-25(20-10-6-4-7-11-20)21-12-8-5-9-13-21/h3-15,17-18,25-26,28,34H,1,16,19H2,2H3/t26-,28?,31-/m0/s1. The summed E-state index contributed by atoms with van der Waals surface area (Å²) in [6, 6.07) is 20.8. The molecule has 2 aliphatic rings. The number of hydrogen-bond donors (Lipinski definition) is 1. The predicted octanol–water partition coefficient (Wildman–Crippen LogP) is 4.18. The number of amides is 1. The van der Waals surface area contributed by atoms with E-state index in [4.69, 9.17) is 9.47 Å². The highest BCUT2D eigenvalue weighted by Crippen LogP contribution is 2.54. The Kier molecular flexibility index (Phi) is 7.86. The van der Waals surface area contributed by atoms with Crippen LogP contribution in [0.5, 0.6) is 0 Å². The Morgan fingerprint density at radius 2 is 1.77 bits per heavy atom. The first-order chi connectivity index (χ1) is 19.4. The van der Waals surface area contributed by atoms with Crippen LogP contribution in [-0.2, 0) is 19.1 Å². The Balaban J connectivity index is 1.40. The molecule has 5 rings (SSSR count). The van der Waals surface area contributed by atoms with Crippen molar-refractivity contribution in [3.63, 3.8) is 0 Å². The molecule has 2 aliphatic heterocycles. The van der Waals surface area contributed by atoms with Crippen molar-refractivity contribution in [3.05, 3.63) is 120 Å². The van der Waals surface area contributed by atoms with E-state index in [1.54, 1.807) is 13.0 Å². The second-order valence-electron chi connectivity index (χ2n) is 9.65. The maximum atomic E-state index is 13.8. The molecule has 0 saturated carbocycles. The topological polar surface area (TPSA) is 106 Å². The summed E-state index contributed by atoms with van der Waals surface area (Å²) >= 11 is 1.33. The Hall–Kier alpha value is -4.21. The van der Waals surface area contributed by atoms with Gasteiger partial charge in [0.05, 0.1) is 28.2 Å². The van der Waals surface area contributed by atoms with Crippen molar-refractivity contribution in [3.8, 4) is 0 Å². The zero-order chi connectivity index (χ0) is 28.3. The number of nitrogens with zero attached hydrogens (tertiary/aromatic N) is 2. The quantitative estimate of drug-likeness (QED) is 0.181. The van der Waals surface area contributed by atoms with Crippen molar-refractivity contribution >= 4 is 35.7 Å². The number of aliphatic hydroxyl groups excluding tert-OH is 1. The first-order valence-electron chi connectivity index (χ1n) is 12.7. The number of esters is 2. The molecule has 40 heavy (non-hydrogen) atoms. The van der Waals surface area contributed by atoms with E-state index >= 15 is 0 Å². The van der Waals surface area contributed by atoms with Gasteiger partial charge in [-0.25, -0.2) is 9.59 Å². The molecule has 0 aliphatic carbocycles. The zero-order valence-corrected chi connectivity index (χ0v) is 22.6. The van der Waals surface area contributed by atoms with Gasteiger partial charge in [0.1, 0.15) is 18.0 Å². The molecule has 8 nitrogen and oxygen atoms in total. The minimum Gasteiger partial charge on any atom is -0.458 e. The number of benzene rings is 2. The average molecular weight is 557 g/mol. The number of pyridine rings is 1. The fourth-order valence-electron chi connectivity index (χ4n) is 4.85. The van der Waals surface area contributed by atoms with Crippen molar-refractivity contribution in [1.29, 1.82) is 0 Å². The van der Waals surface area contributed by atoms with E-state index in [0.29, 0.717) is 16.8 Å². The number of ether oxygens (including phenoxy) is 2. The lowest BCUT2D eigenvalue weighted by Gasteiger charge is -2.40. The van der Waals surface area contributed by atoms with Gasteiger partial charge < -0.3 is 19.5 Å². The van der Waals surface area contributed by atoms with Gasteiger partial charge in [-0.15, -0.1) is 11.8 Å². The summed E-state index contributed by atoms with van der Waals surface area (Å²) < 4.78 is 10.2. The van der Waals surface area contributed by atoms with Gasteiger partial charge in [-0.05, 0) is 36.3 Å². The van der Waals surface area contributed by atoms with Crippen LogP contribution >= 0.6 is 11.8 Å². The number of carbonyl (C=O) groups is 3. The number of thioether (sulfide) groups is 1. The molecule has 1 amide bonds. The zero-order valence-electron chi connectivity index (χ0n) is 21.8. The smallest absolute Gasteiger partial charge is 0.338 e. The minimum absolute atomic E-state index is 0.0797. The van der Waals surface area contributed by atoms with Gasteiger partial charge >= 0.3 is 11.9 Å². The van der Waals surface area contributed by atoms with Crippen molar-refractivity contribution < 1.29 is 29.0 Å². The summed E-state index contributed by atoms with van der Waals surface area (Å²) in [5.41, 5.74) is 2.71. The van der Waals surface area contributed by atoms with Gasteiger partial charge in [0.2, 0.25) is 0 Å². The largest absolute Gasteiger partial charge is 0.458 e. The molecular formula is C31H28N2O6S. The summed E-state index contributed by atoms with van der Waals surface area (Å²) in [5, 5.41) is 9.87. The summed E-state index contributed by atoms with van der Waals surface area (Å²) in [5.74, 6) is -1.48. The third-order valence-electron chi connectivity index (χ3n) is 6.87. The van der Waals surface area contributed by atoms with Crippen LogP contribution < -0.4 is 0 Å². The molecular weight excluding hydrogens is 528 g/mol. The van der Waals surface area contributed by atoms with Crippen LogP contribution in [-0.4, -0.2) is 62.2 Å². The van der Waals surface area contributed by atoms with Gasteiger partial charge in [-0.2, -0.15) is 0 Å². The van der Waals surface area contributed by atoms with E-state index in [1.165, 1.54) is 41.1 Å². The normalized spacial score (nSPS) is 22.5. The fourth-order valence-corrected chi connectivity index (χ4v) is 6.40. The Morgan fingerprint density at radius 1 is 1.12 bits per heavy atom. The molecule has 1 unspecified atom stereocenters. The van der Waals surface area contributed by atoms with E-state index in [1.807, 2.05) is 60.7 Å². The first-order valence-corrected chi connectivity index (χ1v) is 13.6. The Morgan fingerprint density at radius 3 is 2.38 bits per heavy atom. The van der Waals surface area contributed by atoms with Crippen LogP contribution in [0, 0.1) is 0 Å². The summed E-state index contributed by atoms with van der Waals surface area (Å²) in [6.45, 7) is 5.02. The summed E-state index contributed by atoms with van der Waals surface area (Å²) in [4.78, 5) is 45.1. The molecule has 2 saturated heterocycles. The summed E-state index contributed by atoms with van der Waals surface area (Å²) in [6.07, 6.45) is 3.86. The fraction of sp³-hybridized carbons (Fsp3) is 0.226. The Bertz CT molecular complexity index is 1420. The van der Waals surface area contributed by atoms with Gasteiger partial charge in [-0.1, -0.05) is 73.3 Å². The predicted molar refractivity (Wildman–Crippen MR) is 151 cm³/mol.